The number of amides is 2. The van der Waals surface area contributed by atoms with Gasteiger partial charge in [0.15, 0.2) is 0 Å². The van der Waals surface area contributed by atoms with E-state index >= 15 is 0 Å². The highest BCUT2D eigenvalue weighted by Gasteiger charge is 2.43. The van der Waals surface area contributed by atoms with Crippen molar-refractivity contribution in [2.75, 3.05) is 0 Å². The van der Waals surface area contributed by atoms with E-state index in [-0.39, 0.29) is 25.7 Å². The average Bonchev–Trinajstić information content (AvgIpc) is 2.97. The van der Waals surface area contributed by atoms with Crippen molar-refractivity contribution >= 4 is 35.7 Å². The molecule has 10 heteroatoms. The molecule has 3 rings (SSSR count). The van der Waals surface area contributed by atoms with Gasteiger partial charge in [-0.2, -0.15) is 0 Å². The van der Waals surface area contributed by atoms with E-state index in [1.165, 1.54) is 0 Å². The van der Waals surface area contributed by atoms with Crippen LogP contribution in [0.25, 0.3) is 0 Å². The maximum atomic E-state index is 12.1. The van der Waals surface area contributed by atoms with Crippen LogP contribution in [-0.2, 0) is 38.2 Å². The molecule has 3 aliphatic rings. The van der Waals surface area contributed by atoms with E-state index in [0.29, 0.717) is 0 Å². The summed E-state index contributed by atoms with van der Waals surface area (Å²) in [4.78, 5) is 69.2. The molecule has 128 valence electrons. The van der Waals surface area contributed by atoms with Crippen molar-refractivity contribution < 1.29 is 38.2 Å². The van der Waals surface area contributed by atoms with E-state index in [4.69, 9.17) is 0 Å². The average molecular weight is 338 g/mol. The molecule has 0 aromatic carbocycles. The molecule has 10 nitrogen and oxygen atoms in total. The second kappa shape index (κ2) is 6.02. The van der Waals surface area contributed by atoms with Gasteiger partial charge in [0.2, 0.25) is 11.8 Å². The molecular formula is C14H14N2O8. The highest BCUT2D eigenvalue weighted by atomic mass is 16.6. The second-order valence-corrected chi connectivity index (χ2v) is 5.98. The zero-order chi connectivity index (χ0) is 17.4. The maximum absolute atomic E-state index is 12.1. The van der Waals surface area contributed by atoms with E-state index in [9.17, 15) is 28.8 Å². The topological polar surface area (TPSA) is 145 Å². The first-order valence-corrected chi connectivity index (χ1v) is 7.43. The Labute approximate surface area is 135 Å². The summed E-state index contributed by atoms with van der Waals surface area (Å²) >= 11 is 0. The third kappa shape index (κ3) is 3.12. The first-order valence-electron chi connectivity index (χ1n) is 7.43. The zero-order valence-electron chi connectivity index (χ0n) is 12.4. The lowest BCUT2D eigenvalue weighted by Crippen LogP contribution is -2.62. The predicted octanol–water partition coefficient (Wildman–Crippen LogP) is -2.07. The molecule has 0 aromatic rings. The lowest BCUT2D eigenvalue weighted by atomic mass is 9.92. The van der Waals surface area contributed by atoms with Crippen molar-refractivity contribution in [3.63, 3.8) is 0 Å². The van der Waals surface area contributed by atoms with Gasteiger partial charge in [-0.25, -0.2) is 0 Å². The second-order valence-electron chi connectivity index (χ2n) is 5.98. The molecule has 0 aliphatic carbocycles. The van der Waals surface area contributed by atoms with E-state index in [1.807, 2.05) is 0 Å². The molecule has 2 N–H and O–H groups in total. The van der Waals surface area contributed by atoms with Crippen LogP contribution >= 0.6 is 0 Å². The Hall–Kier alpha value is -2.78. The van der Waals surface area contributed by atoms with Crippen LogP contribution in [0.1, 0.15) is 25.7 Å². The summed E-state index contributed by atoms with van der Waals surface area (Å²) in [6.45, 7) is 0. The Morgan fingerprint density at radius 3 is 1.38 bits per heavy atom. The van der Waals surface area contributed by atoms with Gasteiger partial charge in [-0.3, -0.25) is 28.8 Å². The fourth-order valence-corrected chi connectivity index (χ4v) is 2.98. The number of cyclic esters (lactones) is 4. The summed E-state index contributed by atoms with van der Waals surface area (Å²) in [6.07, 6.45) is -0.340. The molecule has 2 amide bonds. The summed E-state index contributed by atoms with van der Waals surface area (Å²) in [6, 6.07) is -1.93. The SMILES string of the molecule is O=C1CC(CC2NC(=O)C(CC3CC(=O)OC3=O)NC2=O)C(=O)O1. The number of hydrogen-bond acceptors (Lipinski definition) is 8. The summed E-state index contributed by atoms with van der Waals surface area (Å²) in [7, 11) is 0. The number of esters is 4. The van der Waals surface area contributed by atoms with Crippen molar-refractivity contribution in [1.29, 1.82) is 0 Å². The number of piperazine rings is 1. The van der Waals surface area contributed by atoms with Gasteiger partial charge in [-0.15, -0.1) is 0 Å². The molecule has 3 fully saturated rings. The molecule has 0 saturated carbocycles. The Balaban J connectivity index is 1.58. The third-order valence-corrected chi connectivity index (χ3v) is 4.23. The highest BCUT2D eigenvalue weighted by Crippen LogP contribution is 2.24. The van der Waals surface area contributed by atoms with Crippen LogP contribution in [0.2, 0.25) is 0 Å². The van der Waals surface area contributed by atoms with Crippen molar-refractivity contribution in [1.82, 2.24) is 10.6 Å². The molecule has 4 atom stereocenters. The molecule has 3 heterocycles. The number of carbonyl (C=O) groups is 6. The standard InChI is InChI=1S/C14H14N2O8/c17-9-3-5(13(21)23-9)1-7-11(19)16-8(12(20)15-7)2-6-4-10(18)24-14(6)22/h5-8H,1-4H2,(H,15,20)(H,16,19). The monoisotopic (exact) mass is 338 g/mol. The summed E-state index contributed by atoms with van der Waals surface area (Å²) < 4.78 is 8.81. The van der Waals surface area contributed by atoms with Crippen LogP contribution in [0.5, 0.6) is 0 Å². The van der Waals surface area contributed by atoms with E-state index in [0.717, 1.165) is 0 Å². The minimum absolute atomic E-state index is 0.0428. The van der Waals surface area contributed by atoms with Crippen LogP contribution in [0.15, 0.2) is 0 Å². The minimum atomic E-state index is -0.964. The number of carbonyl (C=O) groups excluding carboxylic acids is 6. The normalized spacial score (nSPS) is 33.2. The van der Waals surface area contributed by atoms with E-state index < -0.39 is 59.6 Å². The van der Waals surface area contributed by atoms with Crippen molar-refractivity contribution in [3.05, 3.63) is 0 Å². The maximum Gasteiger partial charge on any atom is 0.317 e. The van der Waals surface area contributed by atoms with Gasteiger partial charge >= 0.3 is 23.9 Å². The number of hydrogen-bond donors (Lipinski definition) is 2. The lowest BCUT2D eigenvalue weighted by molar-refractivity contribution is -0.155. The van der Waals surface area contributed by atoms with Gasteiger partial charge in [-0.05, 0) is 12.8 Å². The Kier molecular flexibility index (Phi) is 4.04. The van der Waals surface area contributed by atoms with Gasteiger partial charge in [0, 0.05) is 0 Å². The predicted molar refractivity (Wildman–Crippen MR) is 71.5 cm³/mol. The molecule has 3 aliphatic heterocycles. The summed E-state index contributed by atoms with van der Waals surface area (Å²) in [5, 5.41) is 4.94. The van der Waals surface area contributed by atoms with Gasteiger partial charge < -0.3 is 20.1 Å². The van der Waals surface area contributed by atoms with Gasteiger partial charge in [-0.1, -0.05) is 0 Å². The molecule has 0 bridgehead atoms. The van der Waals surface area contributed by atoms with Crippen molar-refractivity contribution in [2.24, 2.45) is 11.8 Å². The summed E-state index contributed by atoms with van der Waals surface area (Å²) in [5.74, 6) is -5.33. The van der Waals surface area contributed by atoms with Crippen LogP contribution in [0.3, 0.4) is 0 Å². The molecule has 3 saturated heterocycles. The molecule has 24 heavy (non-hydrogen) atoms. The first kappa shape index (κ1) is 16.1. The number of nitrogens with one attached hydrogen (secondary N) is 2. The largest absolute Gasteiger partial charge is 0.393 e. The van der Waals surface area contributed by atoms with Crippen molar-refractivity contribution in [3.8, 4) is 0 Å². The van der Waals surface area contributed by atoms with E-state index in [1.54, 1.807) is 0 Å². The van der Waals surface area contributed by atoms with Crippen molar-refractivity contribution in [2.45, 2.75) is 37.8 Å². The smallest absolute Gasteiger partial charge is 0.317 e. The fourth-order valence-electron chi connectivity index (χ4n) is 2.98. The fraction of sp³-hybridized carbons (Fsp3) is 0.571. The van der Waals surface area contributed by atoms with Crippen LogP contribution < -0.4 is 10.6 Å². The van der Waals surface area contributed by atoms with Gasteiger partial charge in [0.05, 0.1) is 24.7 Å². The Morgan fingerprint density at radius 2 is 1.08 bits per heavy atom. The highest BCUT2D eigenvalue weighted by molar-refractivity contribution is 5.99. The van der Waals surface area contributed by atoms with Gasteiger partial charge in [0.1, 0.15) is 12.1 Å². The van der Waals surface area contributed by atoms with E-state index in [2.05, 4.69) is 20.1 Å². The number of ether oxygens (including phenoxy) is 2. The number of rotatable bonds is 4. The molecule has 0 radical (unpaired) electrons. The Bertz CT molecular complexity index is 601. The molecule has 0 aromatic heterocycles. The van der Waals surface area contributed by atoms with Crippen LogP contribution in [-0.4, -0.2) is 47.8 Å². The molecule has 4 unspecified atom stereocenters. The minimum Gasteiger partial charge on any atom is -0.393 e. The quantitative estimate of drug-likeness (QED) is 0.439. The molecule has 0 spiro atoms. The van der Waals surface area contributed by atoms with Crippen LogP contribution in [0.4, 0.5) is 0 Å². The lowest BCUT2D eigenvalue weighted by Gasteiger charge is -2.30. The van der Waals surface area contributed by atoms with Gasteiger partial charge in [0.25, 0.3) is 0 Å². The third-order valence-electron chi connectivity index (χ3n) is 4.23. The first-order chi connectivity index (χ1) is 11.3. The zero-order valence-corrected chi connectivity index (χ0v) is 12.4. The summed E-state index contributed by atoms with van der Waals surface area (Å²) in [5.41, 5.74) is 0. The van der Waals surface area contributed by atoms with Crippen LogP contribution in [0, 0.1) is 11.8 Å². The molecular weight excluding hydrogens is 324 g/mol. The Morgan fingerprint density at radius 1 is 0.708 bits per heavy atom.